The third kappa shape index (κ3) is 2.12. The van der Waals surface area contributed by atoms with Crippen LogP contribution in [0.2, 0.25) is 0 Å². The molecule has 1 atom stereocenters. The molecule has 1 fully saturated rings. The van der Waals surface area contributed by atoms with E-state index in [2.05, 4.69) is 4.18 Å². The number of alkyl halides is 7. The average Bonchev–Trinajstić information content (AvgIpc) is 2.17. The smallest absolute Gasteiger partial charge is 0.227 e. The van der Waals surface area contributed by atoms with Crippen LogP contribution in [-0.4, -0.2) is 41.8 Å². The number of rotatable bonds is 2. The van der Waals surface area contributed by atoms with Crippen LogP contribution in [0.15, 0.2) is 0 Å². The van der Waals surface area contributed by atoms with E-state index in [4.69, 9.17) is 0 Å². The lowest BCUT2D eigenvalue weighted by atomic mass is 10.7. The van der Waals surface area contributed by atoms with Crippen molar-refractivity contribution in [3.8, 4) is 0 Å². The summed E-state index contributed by atoms with van der Waals surface area (Å²) in [5, 5.41) is -12.5. The molecule has 0 N–H and O–H groups in total. The van der Waals surface area contributed by atoms with Crippen LogP contribution in [0.4, 0.5) is 30.7 Å². The standard InChI is InChI=1S/C4HF7O6S3/c5-2(6)3(7,8)20(15,16)1(19(2,13)14)18(12)17-4(9,10)11/h1H. The molecule has 0 spiro atoms. The second kappa shape index (κ2) is 4.26. The first-order valence-electron chi connectivity index (χ1n) is 3.89. The Balaban J connectivity index is 3.53. The Kier molecular flexibility index (Phi) is 3.74. The fraction of sp³-hybridized carbons (Fsp3) is 1.00. The molecule has 1 aliphatic heterocycles. The summed E-state index contributed by atoms with van der Waals surface area (Å²) in [5.41, 5.74) is 0. The first-order valence-corrected chi connectivity index (χ1v) is 8.12. The molecule has 1 aliphatic rings. The monoisotopic (exact) mass is 374 g/mol. The number of hydrogen-bond acceptors (Lipinski definition) is 6. The van der Waals surface area contributed by atoms with Gasteiger partial charge < -0.3 is 0 Å². The minimum absolute atomic E-state index is 2.43. The van der Waals surface area contributed by atoms with E-state index in [1.807, 2.05) is 0 Å². The summed E-state index contributed by atoms with van der Waals surface area (Å²) < 4.78 is 139. The second-order valence-corrected chi connectivity index (χ2v) is 9.40. The number of hydrogen-bond donors (Lipinski definition) is 0. The maximum atomic E-state index is 12.9. The molecule has 0 aromatic rings. The summed E-state index contributed by atoms with van der Waals surface area (Å²) in [5.74, 6) is 0. The maximum Gasteiger partial charge on any atom is 0.535 e. The van der Waals surface area contributed by atoms with Gasteiger partial charge in [0.2, 0.25) is 0 Å². The summed E-state index contributed by atoms with van der Waals surface area (Å²) >= 11 is -4.56. The Morgan fingerprint density at radius 2 is 1.20 bits per heavy atom. The molecule has 1 saturated heterocycles. The molecule has 20 heavy (non-hydrogen) atoms. The van der Waals surface area contributed by atoms with Crippen LogP contribution in [0.3, 0.4) is 0 Å². The van der Waals surface area contributed by atoms with E-state index in [0.717, 1.165) is 0 Å². The van der Waals surface area contributed by atoms with Crippen molar-refractivity contribution in [2.75, 3.05) is 0 Å². The molecule has 0 aromatic heterocycles. The Hall–Kier alpha value is -0.480. The zero-order valence-electron chi connectivity index (χ0n) is 8.40. The van der Waals surface area contributed by atoms with Crippen LogP contribution >= 0.6 is 0 Å². The molecular weight excluding hydrogens is 373 g/mol. The molecule has 0 bridgehead atoms. The molecule has 16 heteroatoms. The maximum absolute atomic E-state index is 12.9. The molecule has 120 valence electrons. The fourth-order valence-electron chi connectivity index (χ4n) is 1.08. The highest BCUT2D eigenvalue weighted by molar-refractivity contribution is 8.24. The zero-order chi connectivity index (χ0) is 16.4. The Morgan fingerprint density at radius 3 is 1.45 bits per heavy atom. The van der Waals surface area contributed by atoms with Gasteiger partial charge in [-0.15, -0.1) is 13.2 Å². The first-order chi connectivity index (χ1) is 8.50. The van der Waals surface area contributed by atoms with Gasteiger partial charge in [-0.25, -0.2) is 21.0 Å². The zero-order valence-corrected chi connectivity index (χ0v) is 10.8. The van der Waals surface area contributed by atoms with E-state index in [0.29, 0.717) is 0 Å². The molecule has 0 radical (unpaired) electrons. The molecule has 0 saturated carbocycles. The number of sulfone groups is 2. The minimum Gasteiger partial charge on any atom is -0.227 e. The van der Waals surface area contributed by atoms with Crippen molar-refractivity contribution in [1.82, 2.24) is 0 Å². The van der Waals surface area contributed by atoms with Crippen LogP contribution in [0.25, 0.3) is 0 Å². The highest BCUT2D eigenvalue weighted by atomic mass is 32.3. The van der Waals surface area contributed by atoms with Crippen molar-refractivity contribution >= 4 is 30.8 Å². The molecule has 1 unspecified atom stereocenters. The van der Waals surface area contributed by atoms with Crippen molar-refractivity contribution in [2.45, 2.75) is 20.8 Å². The van der Waals surface area contributed by atoms with Gasteiger partial charge in [-0.2, -0.15) is 21.7 Å². The summed E-state index contributed by atoms with van der Waals surface area (Å²) in [7, 11) is -13.5. The van der Waals surface area contributed by atoms with Gasteiger partial charge in [0, 0.05) is 0 Å². The van der Waals surface area contributed by atoms with E-state index in [9.17, 15) is 51.8 Å². The topological polar surface area (TPSA) is 94.6 Å². The van der Waals surface area contributed by atoms with Gasteiger partial charge in [0.1, 0.15) is 0 Å². The molecule has 1 heterocycles. The Labute approximate surface area is 108 Å². The lowest BCUT2D eigenvalue weighted by Gasteiger charge is -2.13. The summed E-state index contributed by atoms with van der Waals surface area (Å²) in [4.78, 5) is 0. The average molecular weight is 374 g/mol. The van der Waals surface area contributed by atoms with Gasteiger partial charge in [0.05, 0.1) is 0 Å². The predicted molar refractivity (Wildman–Crippen MR) is 46.8 cm³/mol. The molecule has 0 aliphatic carbocycles. The van der Waals surface area contributed by atoms with Crippen LogP contribution in [0.5, 0.6) is 0 Å². The predicted octanol–water partition coefficient (Wildman–Crippen LogP) is 0.499. The molecule has 0 aromatic carbocycles. The van der Waals surface area contributed by atoms with Crippen molar-refractivity contribution in [1.29, 1.82) is 0 Å². The van der Waals surface area contributed by atoms with Crippen LogP contribution < -0.4 is 0 Å². The highest BCUT2D eigenvalue weighted by Gasteiger charge is 2.86. The minimum atomic E-state index is -6.75. The summed E-state index contributed by atoms with van der Waals surface area (Å²) in [6, 6.07) is 0. The van der Waals surface area contributed by atoms with Gasteiger partial charge in [-0.05, 0) is 0 Å². The third-order valence-corrected chi connectivity index (χ3v) is 9.63. The quantitative estimate of drug-likeness (QED) is 0.654. The Bertz CT molecular complexity index is 601. The van der Waals surface area contributed by atoms with E-state index < -0.39 is 51.5 Å². The molecule has 6 nitrogen and oxygen atoms in total. The first kappa shape index (κ1) is 17.6. The van der Waals surface area contributed by atoms with Gasteiger partial charge >= 0.3 is 16.9 Å². The van der Waals surface area contributed by atoms with Gasteiger partial charge in [-0.1, -0.05) is 0 Å². The van der Waals surface area contributed by atoms with Gasteiger partial charge in [0.25, 0.3) is 23.6 Å². The lowest BCUT2D eigenvalue weighted by Crippen LogP contribution is -2.42. The highest BCUT2D eigenvalue weighted by Crippen LogP contribution is 2.54. The summed E-state index contributed by atoms with van der Waals surface area (Å²) in [6.07, 6.45) is -5.90. The fourth-order valence-corrected chi connectivity index (χ4v) is 7.86. The van der Waals surface area contributed by atoms with Crippen molar-refractivity contribution in [3.05, 3.63) is 0 Å². The third-order valence-electron chi connectivity index (χ3n) is 1.89. The largest absolute Gasteiger partial charge is 0.535 e. The molecular formula is C4HF7O6S3. The van der Waals surface area contributed by atoms with Crippen molar-refractivity contribution in [2.24, 2.45) is 0 Å². The van der Waals surface area contributed by atoms with Crippen molar-refractivity contribution in [3.63, 3.8) is 0 Å². The van der Waals surface area contributed by atoms with E-state index in [-0.39, 0.29) is 0 Å². The summed E-state index contributed by atoms with van der Waals surface area (Å²) in [6.45, 7) is 0. The lowest BCUT2D eigenvalue weighted by molar-refractivity contribution is -0.269. The SMILES string of the molecule is O=S(OC(F)(F)F)C1S(=O)(=O)C(F)(F)C(F)(F)S1(=O)=O. The molecule has 1 rings (SSSR count). The normalized spacial score (nSPS) is 29.1. The van der Waals surface area contributed by atoms with Crippen LogP contribution in [0, 0.1) is 0 Å². The van der Waals surface area contributed by atoms with E-state index >= 15 is 0 Å². The van der Waals surface area contributed by atoms with Gasteiger partial charge in [0.15, 0.2) is 11.1 Å². The van der Waals surface area contributed by atoms with E-state index in [1.54, 1.807) is 0 Å². The van der Waals surface area contributed by atoms with Crippen LogP contribution in [0.1, 0.15) is 0 Å². The van der Waals surface area contributed by atoms with Crippen molar-refractivity contribution < 1.29 is 56.0 Å². The Morgan fingerprint density at radius 1 is 0.900 bits per heavy atom. The van der Waals surface area contributed by atoms with E-state index in [1.165, 1.54) is 0 Å². The van der Waals surface area contributed by atoms with Gasteiger partial charge in [-0.3, -0.25) is 0 Å². The molecule has 0 amide bonds. The second-order valence-electron chi connectivity index (χ2n) is 3.20. The van der Waals surface area contributed by atoms with Crippen LogP contribution in [-0.2, 0) is 34.9 Å². The number of halogens is 7.